The van der Waals surface area contributed by atoms with E-state index in [-0.39, 0.29) is 5.11 Å². The minimum absolute atomic E-state index is 0.219. The van der Waals surface area contributed by atoms with Crippen molar-refractivity contribution >= 4 is 23.0 Å². The first kappa shape index (κ1) is 23.1. The maximum atomic E-state index is 5.41. The van der Waals surface area contributed by atoms with Crippen LogP contribution in [-0.4, -0.2) is 10.8 Å². The lowest BCUT2D eigenvalue weighted by Crippen LogP contribution is -2.49. The average Bonchev–Trinajstić information content (AvgIpc) is 2.58. The van der Waals surface area contributed by atoms with E-state index in [1.807, 2.05) is 6.92 Å². The molecular weight excluding hydrogens is 362 g/mol. The topological polar surface area (TPSA) is 50.4 Å². The van der Waals surface area contributed by atoms with E-state index in [1.54, 1.807) is 0 Å². The van der Waals surface area contributed by atoms with Crippen LogP contribution in [-0.2, 0) is 0 Å². The highest BCUT2D eigenvalue weighted by molar-refractivity contribution is 7.80. The molecule has 0 heterocycles. The highest BCUT2D eigenvalue weighted by atomic mass is 32.1. The molecule has 4 heteroatoms. The SMILES string of the molecule is C=C1CC[C@@H]2C(C)(C)CCC[C@]2(C)[C@H]1CC/C(C)=C\CC/C(C)=N/NC(N)=S. The quantitative estimate of drug-likeness (QED) is 0.221. The third-order valence-electron chi connectivity index (χ3n) is 7.50. The molecular formula is C24H41N3S. The molecule has 2 aliphatic rings. The molecule has 0 aromatic rings. The van der Waals surface area contributed by atoms with Gasteiger partial charge in [0.1, 0.15) is 0 Å². The summed E-state index contributed by atoms with van der Waals surface area (Å²) in [5.41, 5.74) is 13.0. The van der Waals surface area contributed by atoms with Crippen LogP contribution in [0.1, 0.15) is 92.4 Å². The fourth-order valence-corrected chi connectivity index (χ4v) is 6.06. The van der Waals surface area contributed by atoms with Crippen LogP contribution in [0.5, 0.6) is 0 Å². The fourth-order valence-electron chi connectivity index (χ4n) is 6.02. The third-order valence-corrected chi connectivity index (χ3v) is 7.59. The molecule has 3 nitrogen and oxygen atoms in total. The van der Waals surface area contributed by atoms with Crippen molar-refractivity contribution in [3.8, 4) is 0 Å². The largest absolute Gasteiger partial charge is 0.375 e. The molecule has 2 aliphatic carbocycles. The Labute approximate surface area is 178 Å². The van der Waals surface area contributed by atoms with Crippen molar-refractivity contribution in [2.75, 3.05) is 0 Å². The summed E-state index contributed by atoms with van der Waals surface area (Å²) in [5, 5.41) is 4.40. The summed E-state index contributed by atoms with van der Waals surface area (Å²) in [4.78, 5) is 0. The minimum atomic E-state index is 0.219. The van der Waals surface area contributed by atoms with Gasteiger partial charge in [0.25, 0.3) is 0 Å². The molecule has 2 rings (SSSR count). The predicted molar refractivity (Wildman–Crippen MR) is 126 cm³/mol. The van der Waals surface area contributed by atoms with Gasteiger partial charge in [0, 0.05) is 5.71 Å². The van der Waals surface area contributed by atoms with Gasteiger partial charge in [0.05, 0.1) is 0 Å². The Hall–Kier alpha value is -1.16. The van der Waals surface area contributed by atoms with Gasteiger partial charge in [0.2, 0.25) is 0 Å². The highest BCUT2D eigenvalue weighted by Gasteiger charge is 2.52. The second kappa shape index (κ2) is 9.56. The summed E-state index contributed by atoms with van der Waals surface area (Å²) in [6.07, 6.45) is 13.4. The van der Waals surface area contributed by atoms with Crippen LogP contribution in [0.15, 0.2) is 28.9 Å². The number of thiocarbonyl (C=S) groups is 1. The molecule has 3 N–H and O–H groups in total. The number of fused-ring (bicyclic) bond motifs is 1. The van der Waals surface area contributed by atoms with Crippen molar-refractivity contribution in [2.24, 2.45) is 33.5 Å². The first-order chi connectivity index (χ1) is 13.1. The number of allylic oxidation sites excluding steroid dienone is 3. The van der Waals surface area contributed by atoms with E-state index in [1.165, 1.54) is 56.1 Å². The summed E-state index contributed by atoms with van der Waals surface area (Å²) in [6, 6.07) is 0. The van der Waals surface area contributed by atoms with Gasteiger partial charge in [-0.3, -0.25) is 5.43 Å². The van der Waals surface area contributed by atoms with E-state index in [4.69, 9.17) is 18.0 Å². The molecule has 2 saturated carbocycles. The zero-order valence-corrected chi connectivity index (χ0v) is 19.6. The van der Waals surface area contributed by atoms with E-state index >= 15 is 0 Å². The fraction of sp³-hybridized carbons (Fsp3) is 0.750. The summed E-state index contributed by atoms with van der Waals surface area (Å²) in [6.45, 7) is 16.4. The van der Waals surface area contributed by atoms with Crippen LogP contribution in [0.2, 0.25) is 0 Å². The molecule has 2 fully saturated rings. The van der Waals surface area contributed by atoms with Gasteiger partial charge in [-0.15, -0.1) is 0 Å². The molecule has 28 heavy (non-hydrogen) atoms. The van der Waals surface area contributed by atoms with E-state index in [2.05, 4.69) is 50.9 Å². The number of nitrogens with two attached hydrogens (primary N) is 1. The lowest BCUT2D eigenvalue weighted by molar-refractivity contribution is -0.0539. The molecule has 0 saturated heterocycles. The van der Waals surface area contributed by atoms with Crippen LogP contribution in [0, 0.1) is 22.7 Å². The van der Waals surface area contributed by atoms with E-state index in [9.17, 15) is 0 Å². The van der Waals surface area contributed by atoms with Crippen molar-refractivity contribution < 1.29 is 0 Å². The maximum absolute atomic E-state index is 5.41. The van der Waals surface area contributed by atoms with Crippen LogP contribution >= 0.6 is 12.2 Å². The zero-order chi connectivity index (χ0) is 20.9. The molecule has 0 spiro atoms. The number of rotatable bonds is 7. The van der Waals surface area contributed by atoms with Crippen LogP contribution < -0.4 is 11.2 Å². The van der Waals surface area contributed by atoms with Gasteiger partial charge in [-0.25, -0.2) is 0 Å². The summed E-state index contributed by atoms with van der Waals surface area (Å²) in [5.74, 6) is 1.51. The maximum Gasteiger partial charge on any atom is 0.184 e. The normalized spacial score (nSPS) is 30.7. The number of nitrogens with one attached hydrogen (secondary N) is 1. The Kier molecular flexibility index (Phi) is 7.89. The average molecular weight is 404 g/mol. The molecule has 0 bridgehead atoms. The molecule has 3 atom stereocenters. The molecule has 0 radical (unpaired) electrons. The van der Waals surface area contributed by atoms with Crippen LogP contribution in [0.4, 0.5) is 0 Å². The number of hydrazone groups is 1. The van der Waals surface area contributed by atoms with Crippen molar-refractivity contribution in [2.45, 2.75) is 92.4 Å². The second-order valence-electron chi connectivity index (χ2n) is 10.1. The van der Waals surface area contributed by atoms with E-state index in [0.717, 1.165) is 24.5 Å². The Morgan fingerprint density at radius 3 is 2.68 bits per heavy atom. The Balaban J connectivity index is 1.93. The third kappa shape index (κ3) is 5.68. The first-order valence-electron chi connectivity index (χ1n) is 11.0. The lowest BCUT2D eigenvalue weighted by atomic mass is 9.47. The highest BCUT2D eigenvalue weighted by Crippen LogP contribution is 2.61. The first-order valence-corrected chi connectivity index (χ1v) is 11.4. The van der Waals surface area contributed by atoms with Crippen LogP contribution in [0.25, 0.3) is 0 Å². The number of nitrogens with zero attached hydrogens (tertiary/aromatic N) is 1. The predicted octanol–water partition coefficient (Wildman–Crippen LogP) is 6.50. The summed E-state index contributed by atoms with van der Waals surface area (Å²) in [7, 11) is 0. The minimum Gasteiger partial charge on any atom is -0.375 e. The Bertz CT molecular complexity index is 646. The van der Waals surface area contributed by atoms with Gasteiger partial charge in [-0.05, 0) is 100 Å². The number of hydrogen-bond donors (Lipinski definition) is 2. The van der Waals surface area contributed by atoms with Gasteiger partial charge in [-0.2, -0.15) is 5.10 Å². The van der Waals surface area contributed by atoms with E-state index < -0.39 is 0 Å². The Morgan fingerprint density at radius 2 is 2.00 bits per heavy atom. The van der Waals surface area contributed by atoms with Gasteiger partial charge < -0.3 is 5.73 Å². The van der Waals surface area contributed by atoms with Crippen LogP contribution in [0.3, 0.4) is 0 Å². The zero-order valence-electron chi connectivity index (χ0n) is 18.7. The molecule has 0 aromatic heterocycles. The summed E-state index contributed by atoms with van der Waals surface area (Å²) < 4.78 is 0. The second-order valence-corrected chi connectivity index (χ2v) is 10.5. The lowest BCUT2D eigenvalue weighted by Gasteiger charge is -2.58. The monoisotopic (exact) mass is 403 g/mol. The standard InChI is InChI=1S/C24H41N3S/c1-17(9-7-10-19(3)26-27-22(25)28)11-13-20-18(2)12-14-21-23(4,5)15-8-16-24(20,21)6/h9,20-21H,2,7-8,10-16H2,1,3-6H3,(H3,25,27,28)/b17-9-,26-19+/t20-,21+,24+/m0/s1. The molecule has 0 aliphatic heterocycles. The molecule has 0 aromatic carbocycles. The van der Waals surface area contributed by atoms with Gasteiger partial charge in [-0.1, -0.05) is 51.0 Å². The van der Waals surface area contributed by atoms with Crippen molar-refractivity contribution in [3.63, 3.8) is 0 Å². The smallest absolute Gasteiger partial charge is 0.184 e. The summed E-state index contributed by atoms with van der Waals surface area (Å²) >= 11 is 4.78. The van der Waals surface area contributed by atoms with E-state index in [0.29, 0.717) is 16.7 Å². The Morgan fingerprint density at radius 1 is 1.29 bits per heavy atom. The van der Waals surface area contributed by atoms with Crippen molar-refractivity contribution in [1.82, 2.24) is 5.43 Å². The van der Waals surface area contributed by atoms with Gasteiger partial charge in [0.15, 0.2) is 5.11 Å². The molecule has 0 unspecified atom stereocenters. The van der Waals surface area contributed by atoms with Crippen molar-refractivity contribution in [1.29, 1.82) is 0 Å². The van der Waals surface area contributed by atoms with Gasteiger partial charge >= 0.3 is 0 Å². The van der Waals surface area contributed by atoms with Crippen molar-refractivity contribution in [3.05, 3.63) is 23.8 Å². The molecule has 158 valence electrons. The number of hydrogen-bond acceptors (Lipinski definition) is 2. The molecule has 0 amide bonds.